The van der Waals surface area contributed by atoms with Gasteiger partial charge in [-0.05, 0) is 54.3 Å². The fourth-order valence-electron chi connectivity index (χ4n) is 2.50. The highest BCUT2D eigenvalue weighted by molar-refractivity contribution is 6.18. The van der Waals surface area contributed by atoms with Crippen molar-refractivity contribution < 1.29 is 0 Å². The number of rotatable bonds is 7. The highest BCUT2D eigenvalue weighted by atomic mass is 35.5. The SMILES string of the molecule is CC(CCN(CCCl)c1ccc(N)cc1)c1ccc(N)cc1. The van der Waals surface area contributed by atoms with Crippen molar-refractivity contribution in [1.82, 2.24) is 0 Å². The molecule has 2 aromatic rings. The van der Waals surface area contributed by atoms with Crippen molar-refractivity contribution in [3.8, 4) is 0 Å². The fourth-order valence-corrected chi connectivity index (χ4v) is 2.70. The molecule has 22 heavy (non-hydrogen) atoms. The number of nitrogen functional groups attached to an aromatic ring is 2. The van der Waals surface area contributed by atoms with E-state index in [1.165, 1.54) is 11.3 Å². The van der Waals surface area contributed by atoms with E-state index >= 15 is 0 Å². The number of nitrogens with zero attached hydrogens (tertiary/aromatic N) is 1. The molecule has 2 rings (SSSR count). The van der Waals surface area contributed by atoms with E-state index < -0.39 is 0 Å². The summed E-state index contributed by atoms with van der Waals surface area (Å²) in [6, 6.07) is 16.1. The summed E-state index contributed by atoms with van der Waals surface area (Å²) in [7, 11) is 0. The van der Waals surface area contributed by atoms with E-state index in [1.54, 1.807) is 0 Å². The lowest BCUT2D eigenvalue weighted by Crippen LogP contribution is -2.27. The Morgan fingerprint density at radius 1 is 0.909 bits per heavy atom. The molecule has 0 bridgehead atoms. The van der Waals surface area contributed by atoms with Gasteiger partial charge in [-0.3, -0.25) is 0 Å². The van der Waals surface area contributed by atoms with E-state index in [0.29, 0.717) is 11.8 Å². The smallest absolute Gasteiger partial charge is 0.0399 e. The molecule has 0 saturated carbocycles. The Hall–Kier alpha value is -1.87. The predicted octanol–water partition coefficient (Wildman–Crippen LogP) is 4.09. The van der Waals surface area contributed by atoms with Crippen LogP contribution >= 0.6 is 11.6 Å². The van der Waals surface area contributed by atoms with Crippen molar-refractivity contribution in [3.05, 3.63) is 54.1 Å². The molecule has 4 N–H and O–H groups in total. The van der Waals surface area contributed by atoms with Gasteiger partial charge in [-0.15, -0.1) is 11.6 Å². The van der Waals surface area contributed by atoms with Gasteiger partial charge in [0.1, 0.15) is 0 Å². The van der Waals surface area contributed by atoms with Crippen LogP contribution in [0.1, 0.15) is 24.8 Å². The van der Waals surface area contributed by atoms with Crippen molar-refractivity contribution >= 4 is 28.7 Å². The molecular weight excluding hydrogens is 294 g/mol. The molecule has 0 aliphatic rings. The number of nitrogens with two attached hydrogens (primary N) is 2. The lowest BCUT2D eigenvalue weighted by atomic mass is 9.97. The molecule has 1 unspecified atom stereocenters. The summed E-state index contributed by atoms with van der Waals surface area (Å²) in [6.07, 6.45) is 1.06. The molecule has 4 heteroatoms. The first-order chi connectivity index (χ1) is 10.6. The van der Waals surface area contributed by atoms with Crippen molar-refractivity contribution in [2.75, 3.05) is 35.3 Å². The van der Waals surface area contributed by atoms with Crippen LogP contribution in [0, 0.1) is 0 Å². The number of alkyl halides is 1. The standard InChI is InChI=1S/C18H24ClN3/c1-14(15-2-4-16(20)5-3-15)10-12-22(13-11-19)18-8-6-17(21)7-9-18/h2-9,14H,10-13,20-21H2,1H3. The highest BCUT2D eigenvalue weighted by Gasteiger charge is 2.10. The third-order valence-corrected chi connectivity index (χ3v) is 4.12. The van der Waals surface area contributed by atoms with Crippen LogP contribution in [0.15, 0.2) is 48.5 Å². The fraction of sp³-hybridized carbons (Fsp3) is 0.333. The number of hydrogen-bond donors (Lipinski definition) is 2. The topological polar surface area (TPSA) is 55.3 Å². The monoisotopic (exact) mass is 317 g/mol. The lowest BCUT2D eigenvalue weighted by Gasteiger charge is -2.26. The lowest BCUT2D eigenvalue weighted by molar-refractivity contribution is 0.655. The van der Waals surface area contributed by atoms with Crippen LogP contribution in [-0.2, 0) is 0 Å². The van der Waals surface area contributed by atoms with Crippen molar-refractivity contribution in [3.63, 3.8) is 0 Å². The summed E-state index contributed by atoms with van der Waals surface area (Å²) < 4.78 is 0. The van der Waals surface area contributed by atoms with Crippen molar-refractivity contribution in [2.24, 2.45) is 0 Å². The van der Waals surface area contributed by atoms with Crippen molar-refractivity contribution in [1.29, 1.82) is 0 Å². The second kappa shape index (κ2) is 7.95. The molecular formula is C18H24ClN3. The average molecular weight is 318 g/mol. The van der Waals surface area contributed by atoms with Gasteiger partial charge in [0.05, 0.1) is 0 Å². The molecule has 3 nitrogen and oxygen atoms in total. The molecule has 0 radical (unpaired) electrons. The van der Waals surface area contributed by atoms with Gasteiger partial charge in [-0.1, -0.05) is 19.1 Å². The van der Waals surface area contributed by atoms with E-state index in [1.807, 2.05) is 24.3 Å². The Kier molecular flexibility index (Phi) is 5.96. The summed E-state index contributed by atoms with van der Waals surface area (Å²) >= 11 is 5.95. The normalized spacial score (nSPS) is 12.1. The minimum Gasteiger partial charge on any atom is -0.399 e. The molecule has 0 fully saturated rings. The van der Waals surface area contributed by atoms with Crippen molar-refractivity contribution in [2.45, 2.75) is 19.3 Å². The Labute approximate surface area is 137 Å². The molecule has 0 saturated heterocycles. The summed E-state index contributed by atoms with van der Waals surface area (Å²) in [6.45, 7) is 4.04. The second-order valence-electron chi connectivity index (χ2n) is 5.62. The minimum absolute atomic E-state index is 0.479. The van der Waals surface area contributed by atoms with Crippen LogP contribution < -0.4 is 16.4 Å². The number of anilines is 3. The van der Waals surface area contributed by atoms with E-state index in [9.17, 15) is 0 Å². The molecule has 0 spiro atoms. The largest absolute Gasteiger partial charge is 0.399 e. The first-order valence-electron chi connectivity index (χ1n) is 7.62. The van der Waals surface area contributed by atoms with E-state index in [-0.39, 0.29) is 0 Å². The van der Waals surface area contributed by atoms with E-state index in [2.05, 4.69) is 36.1 Å². The Bertz CT molecular complexity index is 566. The van der Waals surface area contributed by atoms with Crippen LogP contribution in [0.3, 0.4) is 0 Å². The zero-order chi connectivity index (χ0) is 15.9. The van der Waals surface area contributed by atoms with Crippen LogP contribution in [0.5, 0.6) is 0 Å². The molecule has 2 aromatic carbocycles. The van der Waals surface area contributed by atoms with E-state index in [4.69, 9.17) is 23.1 Å². The average Bonchev–Trinajstić information content (AvgIpc) is 2.53. The van der Waals surface area contributed by atoms with Crippen LogP contribution in [-0.4, -0.2) is 19.0 Å². The Balaban J connectivity index is 1.99. The molecule has 0 aliphatic carbocycles. The highest BCUT2D eigenvalue weighted by Crippen LogP contribution is 2.23. The Morgan fingerprint density at radius 3 is 2.00 bits per heavy atom. The van der Waals surface area contributed by atoms with Crippen LogP contribution in [0.25, 0.3) is 0 Å². The molecule has 1 atom stereocenters. The van der Waals surface area contributed by atoms with Gasteiger partial charge in [0.2, 0.25) is 0 Å². The summed E-state index contributed by atoms with van der Waals surface area (Å²) in [4.78, 5) is 2.31. The first kappa shape index (κ1) is 16.5. The number of hydrogen-bond acceptors (Lipinski definition) is 3. The van der Waals surface area contributed by atoms with Crippen LogP contribution in [0.2, 0.25) is 0 Å². The molecule has 0 heterocycles. The number of halogens is 1. The van der Waals surface area contributed by atoms with Gasteiger partial charge in [0.25, 0.3) is 0 Å². The third-order valence-electron chi connectivity index (χ3n) is 3.95. The molecule has 118 valence electrons. The Morgan fingerprint density at radius 2 is 1.45 bits per heavy atom. The molecule has 0 amide bonds. The maximum atomic E-state index is 5.95. The van der Waals surface area contributed by atoms with Gasteiger partial charge in [0.15, 0.2) is 0 Å². The summed E-state index contributed by atoms with van der Waals surface area (Å²) in [5.41, 5.74) is 15.6. The molecule has 0 aliphatic heterocycles. The van der Waals surface area contributed by atoms with Gasteiger partial charge in [0, 0.05) is 36.0 Å². The van der Waals surface area contributed by atoms with Gasteiger partial charge >= 0.3 is 0 Å². The first-order valence-corrected chi connectivity index (χ1v) is 8.15. The number of benzene rings is 2. The quantitative estimate of drug-likeness (QED) is 0.597. The van der Waals surface area contributed by atoms with Gasteiger partial charge in [-0.25, -0.2) is 0 Å². The minimum atomic E-state index is 0.479. The van der Waals surface area contributed by atoms with Gasteiger partial charge < -0.3 is 16.4 Å². The third kappa shape index (κ3) is 4.57. The maximum Gasteiger partial charge on any atom is 0.0399 e. The maximum absolute atomic E-state index is 5.95. The molecule has 0 aromatic heterocycles. The van der Waals surface area contributed by atoms with E-state index in [0.717, 1.165) is 30.9 Å². The van der Waals surface area contributed by atoms with Gasteiger partial charge in [-0.2, -0.15) is 0 Å². The predicted molar refractivity (Wildman–Crippen MR) is 97.7 cm³/mol. The summed E-state index contributed by atoms with van der Waals surface area (Å²) in [5.74, 6) is 1.09. The summed E-state index contributed by atoms with van der Waals surface area (Å²) in [5, 5.41) is 0. The zero-order valence-corrected chi connectivity index (χ0v) is 13.8. The van der Waals surface area contributed by atoms with Crippen LogP contribution in [0.4, 0.5) is 17.1 Å². The zero-order valence-electron chi connectivity index (χ0n) is 13.0. The second-order valence-corrected chi connectivity index (χ2v) is 6.00.